The standard InChI is InChI=1S/C15H24O3/c1-10-5-6-12(16)14(4)8-7-11(13(2,3)17)9-15(10,14)18/h11,17-18H,1,5-9H2,2-4H3/t11-,14+,15-/m0/s1. The number of fused-ring (bicyclic) bond motifs is 1. The number of hydrogen-bond acceptors (Lipinski definition) is 3. The molecule has 2 N–H and O–H groups in total. The first-order valence-corrected chi connectivity index (χ1v) is 6.77. The van der Waals surface area contributed by atoms with E-state index in [1.165, 1.54) is 0 Å². The Morgan fingerprint density at radius 3 is 2.56 bits per heavy atom. The van der Waals surface area contributed by atoms with Crippen molar-refractivity contribution in [1.29, 1.82) is 0 Å². The zero-order chi connectivity index (χ0) is 13.8. The molecule has 0 bridgehead atoms. The van der Waals surface area contributed by atoms with Gasteiger partial charge in [0.05, 0.1) is 16.6 Å². The van der Waals surface area contributed by atoms with Gasteiger partial charge in [0.25, 0.3) is 0 Å². The third-order valence-electron chi connectivity index (χ3n) is 5.30. The molecular weight excluding hydrogens is 228 g/mol. The summed E-state index contributed by atoms with van der Waals surface area (Å²) in [5.41, 5.74) is -1.90. The molecule has 0 radical (unpaired) electrons. The van der Waals surface area contributed by atoms with Crippen LogP contribution < -0.4 is 0 Å². The third kappa shape index (κ3) is 1.76. The molecule has 3 heteroatoms. The van der Waals surface area contributed by atoms with E-state index in [-0.39, 0.29) is 11.7 Å². The second-order valence-electron chi connectivity index (χ2n) is 6.81. The van der Waals surface area contributed by atoms with Gasteiger partial charge < -0.3 is 10.2 Å². The summed E-state index contributed by atoms with van der Waals surface area (Å²) < 4.78 is 0. The van der Waals surface area contributed by atoms with E-state index >= 15 is 0 Å². The minimum atomic E-state index is -1.13. The summed E-state index contributed by atoms with van der Waals surface area (Å²) in [6, 6.07) is 0. The predicted octanol–water partition coefficient (Wildman–Crippen LogP) is 2.21. The summed E-state index contributed by atoms with van der Waals surface area (Å²) in [6.07, 6.45) is 2.92. The maximum Gasteiger partial charge on any atom is 0.142 e. The Labute approximate surface area is 109 Å². The van der Waals surface area contributed by atoms with Gasteiger partial charge in [-0.25, -0.2) is 0 Å². The first-order valence-electron chi connectivity index (χ1n) is 6.77. The van der Waals surface area contributed by atoms with E-state index in [0.717, 1.165) is 12.0 Å². The lowest BCUT2D eigenvalue weighted by Gasteiger charge is -2.55. The van der Waals surface area contributed by atoms with Gasteiger partial charge in [0.2, 0.25) is 0 Å². The van der Waals surface area contributed by atoms with Crippen molar-refractivity contribution < 1.29 is 15.0 Å². The molecule has 2 saturated carbocycles. The molecule has 3 nitrogen and oxygen atoms in total. The van der Waals surface area contributed by atoms with E-state index in [1.807, 2.05) is 6.92 Å². The molecule has 0 spiro atoms. The summed E-state index contributed by atoms with van der Waals surface area (Å²) >= 11 is 0. The highest BCUT2D eigenvalue weighted by Gasteiger charge is 2.59. The Hall–Kier alpha value is -0.670. The fraction of sp³-hybridized carbons (Fsp3) is 0.800. The molecular formula is C15H24O3. The van der Waals surface area contributed by atoms with Crippen molar-refractivity contribution in [2.45, 2.75) is 64.1 Å². The maximum absolute atomic E-state index is 12.2. The average Bonchev–Trinajstić information content (AvgIpc) is 2.26. The molecule has 0 aromatic carbocycles. The average molecular weight is 252 g/mol. The van der Waals surface area contributed by atoms with Gasteiger partial charge in [-0.1, -0.05) is 6.58 Å². The third-order valence-corrected chi connectivity index (χ3v) is 5.30. The molecule has 0 saturated heterocycles. The van der Waals surface area contributed by atoms with Gasteiger partial charge in [0, 0.05) is 6.42 Å². The number of Topliss-reactive ketones (excluding diaryl/α,β-unsaturated/α-hetero) is 1. The molecule has 0 aromatic heterocycles. The van der Waals surface area contributed by atoms with Gasteiger partial charge in [-0.2, -0.15) is 0 Å². The zero-order valence-corrected chi connectivity index (χ0v) is 11.6. The summed E-state index contributed by atoms with van der Waals surface area (Å²) in [4.78, 5) is 12.2. The number of carbonyl (C=O) groups is 1. The van der Waals surface area contributed by atoms with Crippen molar-refractivity contribution in [3.63, 3.8) is 0 Å². The number of ketones is 1. The fourth-order valence-electron chi connectivity index (χ4n) is 3.61. The predicted molar refractivity (Wildman–Crippen MR) is 70.1 cm³/mol. The molecule has 0 aliphatic heterocycles. The lowest BCUT2D eigenvalue weighted by molar-refractivity contribution is -0.164. The normalized spacial score (nSPS) is 41.7. The lowest BCUT2D eigenvalue weighted by atomic mass is 9.52. The van der Waals surface area contributed by atoms with Crippen molar-refractivity contribution in [2.24, 2.45) is 11.3 Å². The second-order valence-corrected chi connectivity index (χ2v) is 6.81. The SMILES string of the molecule is C=C1CCC(=O)[C@@]2(C)CC[C@H](C(C)(C)O)C[C@]12O. The van der Waals surface area contributed by atoms with Crippen LogP contribution in [-0.4, -0.2) is 27.2 Å². The van der Waals surface area contributed by atoms with Crippen molar-refractivity contribution in [3.05, 3.63) is 12.2 Å². The minimum absolute atomic E-state index is 0.0122. The van der Waals surface area contributed by atoms with Crippen LogP contribution in [0.5, 0.6) is 0 Å². The number of carbonyl (C=O) groups excluding carboxylic acids is 1. The fourth-order valence-corrected chi connectivity index (χ4v) is 3.61. The first kappa shape index (κ1) is 13.8. The van der Waals surface area contributed by atoms with Gasteiger partial charge in [-0.3, -0.25) is 4.79 Å². The maximum atomic E-state index is 12.2. The zero-order valence-electron chi connectivity index (χ0n) is 11.6. The van der Waals surface area contributed by atoms with Gasteiger partial charge >= 0.3 is 0 Å². The first-order chi connectivity index (χ1) is 8.11. The topological polar surface area (TPSA) is 57.5 Å². The highest BCUT2D eigenvalue weighted by Crippen LogP contribution is 2.55. The van der Waals surface area contributed by atoms with Crippen LogP contribution in [0.3, 0.4) is 0 Å². The van der Waals surface area contributed by atoms with Crippen LogP contribution >= 0.6 is 0 Å². The minimum Gasteiger partial charge on any atom is -0.390 e. The molecule has 0 unspecified atom stereocenters. The Morgan fingerprint density at radius 2 is 2.00 bits per heavy atom. The van der Waals surface area contributed by atoms with Crippen LogP contribution in [-0.2, 0) is 4.79 Å². The Kier molecular flexibility index (Phi) is 2.99. The monoisotopic (exact) mass is 252 g/mol. The molecule has 0 aromatic rings. The number of aliphatic hydroxyl groups is 2. The molecule has 2 aliphatic rings. The second kappa shape index (κ2) is 3.91. The van der Waals surface area contributed by atoms with E-state index in [0.29, 0.717) is 25.7 Å². The lowest BCUT2D eigenvalue weighted by Crippen LogP contribution is -2.60. The van der Waals surface area contributed by atoms with Crippen LogP contribution in [0.1, 0.15) is 52.9 Å². The van der Waals surface area contributed by atoms with E-state index in [9.17, 15) is 15.0 Å². The van der Waals surface area contributed by atoms with Crippen molar-refractivity contribution in [3.8, 4) is 0 Å². The molecule has 2 rings (SSSR count). The van der Waals surface area contributed by atoms with Crippen molar-refractivity contribution in [2.75, 3.05) is 0 Å². The molecule has 2 fully saturated rings. The van der Waals surface area contributed by atoms with E-state index in [4.69, 9.17) is 0 Å². The Balaban J connectivity index is 2.37. The van der Waals surface area contributed by atoms with Gasteiger partial charge in [-0.15, -0.1) is 0 Å². The van der Waals surface area contributed by atoms with Crippen molar-refractivity contribution in [1.82, 2.24) is 0 Å². The molecule has 3 atom stereocenters. The molecule has 102 valence electrons. The van der Waals surface area contributed by atoms with Crippen molar-refractivity contribution >= 4 is 5.78 Å². The number of rotatable bonds is 1. The van der Waals surface area contributed by atoms with Crippen LogP contribution in [0, 0.1) is 11.3 Å². The summed E-state index contributed by atoms with van der Waals surface area (Å²) in [6.45, 7) is 9.39. The van der Waals surface area contributed by atoms with Crippen LogP contribution in [0.25, 0.3) is 0 Å². The Morgan fingerprint density at radius 1 is 1.39 bits per heavy atom. The smallest absolute Gasteiger partial charge is 0.142 e. The molecule has 0 heterocycles. The number of hydrogen-bond donors (Lipinski definition) is 2. The molecule has 18 heavy (non-hydrogen) atoms. The summed E-state index contributed by atoms with van der Waals surface area (Å²) in [7, 11) is 0. The summed E-state index contributed by atoms with van der Waals surface area (Å²) in [5, 5.41) is 21.1. The highest BCUT2D eigenvalue weighted by molar-refractivity contribution is 5.88. The highest BCUT2D eigenvalue weighted by atomic mass is 16.3. The largest absolute Gasteiger partial charge is 0.390 e. The van der Waals surface area contributed by atoms with Gasteiger partial charge in [0.15, 0.2) is 0 Å². The van der Waals surface area contributed by atoms with Crippen LogP contribution in [0.2, 0.25) is 0 Å². The van der Waals surface area contributed by atoms with E-state index in [2.05, 4.69) is 6.58 Å². The molecule has 2 aliphatic carbocycles. The molecule has 0 amide bonds. The van der Waals surface area contributed by atoms with Crippen LogP contribution in [0.15, 0.2) is 12.2 Å². The van der Waals surface area contributed by atoms with Crippen LogP contribution in [0.4, 0.5) is 0 Å². The van der Waals surface area contributed by atoms with Gasteiger partial charge in [-0.05, 0) is 57.9 Å². The Bertz CT molecular complexity index is 393. The van der Waals surface area contributed by atoms with E-state index < -0.39 is 16.6 Å². The quantitative estimate of drug-likeness (QED) is 0.703. The van der Waals surface area contributed by atoms with E-state index in [1.54, 1.807) is 13.8 Å². The summed E-state index contributed by atoms with van der Waals surface area (Å²) in [5.74, 6) is 0.157. The van der Waals surface area contributed by atoms with Gasteiger partial charge in [0.1, 0.15) is 5.78 Å².